The second-order valence-electron chi connectivity index (χ2n) is 9.07. The van der Waals surface area contributed by atoms with Crippen molar-refractivity contribution >= 4 is 84.0 Å². The molecule has 238 valence electrons. The third kappa shape index (κ3) is 6.93. The lowest BCUT2D eigenvalue weighted by Crippen LogP contribution is -2.74. The van der Waals surface area contributed by atoms with E-state index in [9.17, 15) is 28.8 Å². The molecule has 0 aromatic carbocycles. The first-order valence-corrected chi connectivity index (χ1v) is 15.6. The summed E-state index contributed by atoms with van der Waals surface area (Å²) in [6, 6.07) is 0. The van der Waals surface area contributed by atoms with E-state index < -0.39 is 58.1 Å². The Morgan fingerprint density at radius 2 is 1.12 bits per heavy atom. The molecule has 0 aliphatic carbocycles. The van der Waals surface area contributed by atoms with Gasteiger partial charge in [-0.25, -0.2) is 36.4 Å². The Balaban J connectivity index is 3.07. The zero-order chi connectivity index (χ0) is 32.2. The summed E-state index contributed by atoms with van der Waals surface area (Å²) < 4.78 is 15.4. The minimum atomic E-state index is -2.79. The summed E-state index contributed by atoms with van der Waals surface area (Å²) in [6.45, 7) is 0. The van der Waals surface area contributed by atoms with Crippen molar-refractivity contribution in [2.24, 2.45) is 0 Å². The molecule has 0 aromatic rings. The van der Waals surface area contributed by atoms with Crippen molar-refractivity contribution in [3.05, 3.63) is 0 Å². The van der Waals surface area contributed by atoms with Crippen LogP contribution in [0.5, 0.6) is 0 Å². The maximum Gasteiger partial charge on any atom is 0.439 e. The Labute approximate surface area is 260 Å². The first kappa shape index (κ1) is 35.5. The predicted molar refractivity (Wildman–Crippen MR) is 156 cm³/mol. The molecule has 0 aromatic heterocycles. The highest BCUT2D eigenvalue weighted by Gasteiger charge is 2.69. The Morgan fingerprint density at radius 3 is 1.50 bits per heavy atom. The van der Waals surface area contributed by atoms with E-state index >= 15 is 0 Å². The lowest BCUT2D eigenvalue weighted by atomic mass is 9.95. The van der Waals surface area contributed by atoms with E-state index in [1.165, 1.54) is 68.9 Å². The molecule has 18 nitrogen and oxygen atoms in total. The number of likely N-dealkylation sites (N-methyl/N-ethyl adjacent to an activating group) is 2. The molecule has 3 atom stereocenters. The topological polar surface area (TPSA) is 183 Å². The van der Waals surface area contributed by atoms with Crippen LogP contribution in [-0.4, -0.2) is 148 Å². The molecule has 22 heteroatoms. The van der Waals surface area contributed by atoms with Crippen molar-refractivity contribution in [1.82, 2.24) is 38.0 Å². The summed E-state index contributed by atoms with van der Waals surface area (Å²) in [5.41, 5.74) is 4.83. The molecule has 2 rings (SSSR count). The third-order valence-corrected chi connectivity index (χ3v) is 9.60. The molecule has 2 N–H and O–H groups in total. The molecule has 2 aliphatic rings. The SMILES string of the molecule is CSC1(C(=O)N(C)C)CC2(OC(=O)N(C)SN(C)C(=O)ON1)OC(=O)N(C)SN(C)C(=O)ONC2(SC)C(=O)N(C)C. The van der Waals surface area contributed by atoms with E-state index in [1.54, 1.807) is 0 Å². The number of thioether (sulfide) groups is 2. The molecular weight excluding hydrogens is 641 g/mol. The molecule has 0 saturated carbocycles. The van der Waals surface area contributed by atoms with Gasteiger partial charge in [-0.15, -0.1) is 34.5 Å². The third-order valence-electron chi connectivity index (χ3n) is 5.74. The minimum absolute atomic E-state index is 0.540. The van der Waals surface area contributed by atoms with Crippen LogP contribution in [0.2, 0.25) is 0 Å². The van der Waals surface area contributed by atoms with Crippen LogP contribution in [0.1, 0.15) is 6.42 Å². The molecule has 2 heterocycles. The van der Waals surface area contributed by atoms with E-state index in [0.29, 0.717) is 36.0 Å². The quantitative estimate of drug-likeness (QED) is 0.315. The standard InChI is InChI=1S/C20H34N8O10S4/c1-23(2)12(29)18(39-9)11-19(35-14(31)25(5)41-27(7)16(33)37-21-18)20(40-10,13(30)24(3)4)22-38-17(34)28(8)42-26(6)15(32)36-19/h21-22H,11H2,1-10H3. The number of hydroxylamine groups is 2. The average Bonchev–Trinajstić information content (AvgIpc) is 2.94. The number of hydrogen-bond donors (Lipinski definition) is 2. The van der Waals surface area contributed by atoms with Crippen molar-refractivity contribution in [2.45, 2.75) is 21.9 Å². The minimum Gasteiger partial charge on any atom is -0.402 e. The van der Waals surface area contributed by atoms with Crippen LogP contribution < -0.4 is 11.0 Å². The highest BCUT2D eigenvalue weighted by molar-refractivity contribution is 8.01. The number of carbonyl (C=O) groups excluding carboxylic acids is 6. The highest BCUT2D eigenvalue weighted by Crippen LogP contribution is 2.47. The van der Waals surface area contributed by atoms with Gasteiger partial charge < -0.3 is 28.9 Å². The van der Waals surface area contributed by atoms with Gasteiger partial charge in [-0.2, -0.15) is 0 Å². The summed E-state index contributed by atoms with van der Waals surface area (Å²) in [7, 11) is 10.6. The summed E-state index contributed by atoms with van der Waals surface area (Å²) in [6.07, 6.45) is -2.40. The molecule has 0 bridgehead atoms. The Morgan fingerprint density at radius 1 is 0.714 bits per heavy atom. The molecule has 2 saturated heterocycles. The number of rotatable bonds is 4. The van der Waals surface area contributed by atoms with Gasteiger partial charge in [0.25, 0.3) is 16.7 Å². The Hall–Kier alpha value is -2.66. The van der Waals surface area contributed by atoms with Crippen molar-refractivity contribution in [1.29, 1.82) is 0 Å². The lowest BCUT2D eigenvalue weighted by Gasteiger charge is -2.49. The average molecular weight is 675 g/mol. The van der Waals surface area contributed by atoms with Crippen LogP contribution in [0.4, 0.5) is 19.2 Å². The van der Waals surface area contributed by atoms with Crippen molar-refractivity contribution in [2.75, 3.05) is 68.9 Å². The fourth-order valence-electron chi connectivity index (χ4n) is 3.57. The number of nitrogens with zero attached hydrogens (tertiary/aromatic N) is 6. The van der Waals surface area contributed by atoms with Crippen LogP contribution >= 0.6 is 47.8 Å². The molecule has 6 amide bonds. The second-order valence-corrected chi connectivity index (χ2v) is 13.7. The van der Waals surface area contributed by atoms with Crippen molar-refractivity contribution < 1.29 is 47.9 Å². The van der Waals surface area contributed by atoms with Crippen molar-refractivity contribution in [3.63, 3.8) is 0 Å². The smallest absolute Gasteiger partial charge is 0.402 e. The summed E-state index contributed by atoms with van der Waals surface area (Å²) in [5.74, 6) is -4.42. The van der Waals surface area contributed by atoms with Gasteiger partial charge in [0.05, 0.1) is 30.7 Å². The van der Waals surface area contributed by atoms with Crippen molar-refractivity contribution in [3.8, 4) is 0 Å². The second kappa shape index (κ2) is 13.8. The van der Waals surface area contributed by atoms with E-state index in [2.05, 4.69) is 11.0 Å². The molecule has 3 unspecified atom stereocenters. The fraction of sp³-hybridized carbons (Fsp3) is 0.700. The predicted octanol–water partition coefficient (Wildman–Crippen LogP) is 0.804. The maximum absolute atomic E-state index is 14.1. The molecular formula is C20H34N8O10S4. The number of amides is 6. The van der Waals surface area contributed by atoms with Crippen LogP contribution in [-0.2, 0) is 28.7 Å². The monoisotopic (exact) mass is 674 g/mol. The lowest BCUT2D eigenvalue weighted by molar-refractivity contribution is -0.226. The van der Waals surface area contributed by atoms with E-state index in [1.807, 2.05) is 0 Å². The Kier molecular flexibility index (Phi) is 11.6. The zero-order valence-corrected chi connectivity index (χ0v) is 27.9. The first-order valence-electron chi connectivity index (χ1n) is 11.7. The summed E-state index contributed by atoms with van der Waals surface area (Å²) in [4.78, 5) is 88.9. The summed E-state index contributed by atoms with van der Waals surface area (Å²) >= 11 is 2.58. The summed E-state index contributed by atoms with van der Waals surface area (Å²) in [5, 5.41) is 0. The fourth-order valence-corrected chi connectivity index (χ4v) is 6.49. The highest BCUT2D eigenvalue weighted by atomic mass is 32.2. The van der Waals surface area contributed by atoms with E-state index in [4.69, 9.17) is 19.1 Å². The zero-order valence-electron chi connectivity index (χ0n) is 24.6. The normalized spacial score (nSPS) is 28.2. The largest absolute Gasteiger partial charge is 0.439 e. The van der Waals surface area contributed by atoms with Crippen LogP contribution in [0.15, 0.2) is 0 Å². The van der Waals surface area contributed by atoms with Gasteiger partial charge in [-0.3, -0.25) is 9.59 Å². The van der Waals surface area contributed by atoms with Crippen LogP contribution in [0, 0.1) is 0 Å². The molecule has 1 spiro atoms. The van der Waals surface area contributed by atoms with E-state index in [-0.39, 0.29) is 0 Å². The number of carbonyl (C=O) groups is 6. The van der Waals surface area contributed by atoms with Crippen LogP contribution in [0.3, 0.4) is 0 Å². The van der Waals surface area contributed by atoms with Gasteiger partial charge >= 0.3 is 30.2 Å². The Bertz CT molecular complexity index is 1110. The van der Waals surface area contributed by atoms with Gasteiger partial charge in [-0.1, -0.05) is 0 Å². The van der Waals surface area contributed by atoms with Gasteiger partial charge in [0, 0.05) is 56.4 Å². The van der Waals surface area contributed by atoms with Gasteiger partial charge in [0.2, 0.25) is 0 Å². The molecule has 2 aliphatic heterocycles. The molecule has 42 heavy (non-hydrogen) atoms. The maximum atomic E-state index is 14.1. The van der Waals surface area contributed by atoms with Gasteiger partial charge in [0.1, 0.15) is 0 Å². The first-order chi connectivity index (χ1) is 19.4. The number of nitrogens with one attached hydrogen (secondary N) is 2. The number of hydrogen-bond acceptors (Lipinski definition) is 16. The molecule has 2 fully saturated rings. The molecule has 0 radical (unpaired) electrons. The van der Waals surface area contributed by atoms with Gasteiger partial charge in [0.15, 0.2) is 4.87 Å². The van der Waals surface area contributed by atoms with E-state index in [0.717, 1.165) is 38.8 Å². The van der Waals surface area contributed by atoms with Gasteiger partial charge in [-0.05, 0) is 12.5 Å². The number of ether oxygens (including phenoxy) is 2. The van der Waals surface area contributed by atoms with Crippen LogP contribution in [0.25, 0.3) is 0 Å².